The van der Waals surface area contributed by atoms with E-state index in [-0.39, 0.29) is 18.5 Å². The fraction of sp³-hybridized carbons (Fsp3) is 0.901. The quantitative estimate of drug-likeness (QED) is 0.0320. The van der Waals surface area contributed by atoms with Crippen LogP contribution < -0.4 is 5.32 Å². The largest absolute Gasteiger partial charge is 0.466 e. The molecule has 0 saturated heterocycles. The van der Waals surface area contributed by atoms with Crippen molar-refractivity contribution in [2.75, 3.05) is 13.2 Å². The monoisotopic (exact) mass is 1220 g/mol. The van der Waals surface area contributed by atoms with Gasteiger partial charge >= 0.3 is 5.97 Å². The van der Waals surface area contributed by atoms with Crippen LogP contribution in [0.4, 0.5) is 0 Å². The van der Waals surface area contributed by atoms with Gasteiger partial charge < -0.3 is 20.3 Å². The van der Waals surface area contributed by atoms with Gasteiger partial charge in [0.05, 0.1) is 25.4 Å². The van der Waals surface area contributed by atoms with Gasteiger partial charge in [-0.15, -0.1) is 0 Å². The van der Waals surface area contributed by atoms with Gasteiger partial charge in [0.25, 0.3) is 0 Å². The van der Waals surface area contributed by atoms with E-state index in [4.69, 9.17) is 4.74 Å². The maximum atomic E-state index is 12.6. The molecule has 0 fully saturated rings. The van der Waals surface area contributed by atoms with Gasteiger partial charge in [0, 0.05) is 12.8 Å². The van der Waals surface area contributed by atoms with E-state index in [1.54, 1.807) is 0 Å². The number of rotatable bonds is 75. The molecule has 2 atom stereocenters. The van der Waals surface area contributed by atoms with Gasteiger partial charge in [-0.05, 0) is 83.5 Å². The molecule has 0 aliphatic carbocycles. The van der Waals surface area contributed by atoms with Gasteiger partial charge in [-0.1, -0.05) is 384 Å². The Morgan fingerprint density at radius 3 is 0.908 bits per heavy atom. The van der Waals surface area contributed by atoms with Gasteiger partial charge in [-0.25, -0.2) is 0 Å². The molecule has 0 spiro atoms. The summed E-state index contributed by atoms with van der Waals surface area (Å²) >= 11 is 0. The van der Waals surface area contributed by atoms with E-state index in [2.05, 4.69) is 55.6 Å². The van der Waals surface area contributed by atoms with Crippen LogP contribution in [0.2, 0.25) is 0 Å². The molecule has 0 aliphatic heterocycles. The van der Waals surface area contributed by atoms with Crippen molar-refractivity contribution in [1.29, 1.82) is 0 Å². The predicted octanol–water partition coefficient (Wildman–Crippen LogP) is 26.2. The predicted molar refractivity (Wildman–Crippen MR) is 384 cm³/mol. The van der Waals surface area contributed by atoms with Crippen LogP contribution >= 0.6 is 0 Å². The number of ether oxygens (including phenoxy) is 1. The van der Waals surface area contributed by atoms with Crippen LogP contribution in [0, 0.1) is 0 Å². The number of carbonyl (C=O) groups excluding carboxylic acids is 2. The van der Waals surface area contributed by atoms with E-state index < -0.39 is 12.1 Å². The highest BCUT2D eigenvalue weighted by Gasteiger charge is 2.20. The number of unbranched alkanes of at least 4 members (excludes halogenated alkanes) is 58. The number of carbonyl (C=O) groups is 2. The molecule has 1 amide bonds. The summed E-state index contributed by atoms with van der Waals surface area (Å²) in [6.07, 6.45) is 99.4. The third-order valence-electron chi connectivity index (χ3n) is 18.7. The van der Waals surface area contributed by atoms with Crippen LogP contribution in [-0.2, 0) is 14.3 Å². The van der Waals surface area contributed by atoms with Crippen molar-refractivity contribution in [2.24, 2.45) is 0 Å². The molecule has 0 saturated carbocycles. The number of hydrogen-bond donors (Lipinski definition) is 3. The third-order valence-corrected chi connectivity index (χ3v) is 18.7. The molecule has 0 bridgehead atoms. The summed E-state index contributed by atoms with van der Waals surface area (Å²) in [5.74, 6) is -0.0144. The molecule has 3 N–H and O–H groups in total. The fourth-order valence-electron chi connectivity index (χ4n) is 12.6. The first-order valence-electron chi connectivity index (χ1n) is 39.7. The van der Waals surface area contributed by atoms with Gasteiger partial charge in [0.15, 0.2) is 0 Å². The number of esters is 1. The van der Waals surface area contributed by atoms with Crippen molar-refractivity contribution < 1.29 is 24.5 Å². The van der Waals surface area contributed by atoms with Crippen LogP contribution in [0.1, 0.15) is 444 Å². The highest BCUT2D eigenvalue weighted by Crippen LogP contribution is 2.20. The van der Waals surface area contributed by atoms with Crippen molar-refractivity contribution in [1.82, 2.24) is 5.32 Å². The number of amides is 1. The minimum Gasteiger partial charge on any atom is -0.466 e. The summed E-state index contributed by atoms with van der Waals surface area (Å²) in [6, 6.07) is -0.542. The fourth-order valence-corrected chi connectivity index (χ4v) is 12.6. The topological polar surface area (TPSA) is 95.9 Å². The maximum Gasteiger partial charge on any atom is 0.305 e. The third kappa shape index (κ3) is 73.0. The Kier molecular flexibility index (Phi) is 74.8. The molecule has 6 heteroatoms. The Bertz CT molecular complexity index is 1410. The molecule has 0 aromatic rings. The molecule has 514 valence electrons. The molecule has 0 radical (unpaired) electrons. The Balaban J connectivity index is 3.36. The van der Waals surface area contributed by atoms with Gasteiger partial charge in [0.2, 0.25) is 5.91 Å². The van der Waals surface area contributed by atoms with Crippen LogP contribution in [0.3, 0.4) is 0 Å². The average Bonchev–Trinajstić information content (AvgIpc) is 3.53. The SMILES string of the molecule is CCCCC/C=C\C/C=C\CCCCCCCCCCCC(=O)OCCCCCCCCCCCCCC/C=C\CCCCCCCCCCCCCCCCC(=O)NC(CO)C(O)CCCCCCCCCCCCCCCCCCCCCCC. The summed E-state index contributed by atoms with van der Waals surface area (Å²) in [4.78, 5) is 24.7. The second-order valence-electron chi connectivity index (χ2n) is 27.4. The molecule has 0 heterocycles. The molecule has 0 aromatic carbocycles. The van der Waals surface area contributed by atoms with E-state index in [1.807, 2.05) is 0 Å². The molecular formula is C81H155NO5. The van der Waals surface area contributed by atoms with Crippen molar-refractivity contribution in [3.05, 3.63) is 36.5 Å². The first-order chi connectivity index (χ1) is 43.0. The number of aliphatic hydroxyl groups excluding tert-OH is 2. The summed E-state index contributed by atoms with van der Waals surface area (Å²) in [6.45, 7) is 4.97. The minimum atomic E-state index is -0.665. The Hall–Kier alpha value is -1.92. The zero-order chi connectivity index (χ0) is 62.8. The Labute approximate surface area is 544 Å². The molecule has 0 rings (SSSR count). The lowest BCUT2D eigenvalue weighted by Gasteiger charge is -2.22. The van der Waals surface area contributed by atoms with E-state index in [9.17, 15) is 19.8 Å². The first kappa shape index (κ1) is 85.1. The van der Waals surface area contributed by atoms with Gasteiger partial charge in [-0.2, -0.15) is 0 Å². The lowest BCUT2D eigenvalue weighted by Crippen LogP contribution is -2.45. The van der Waals surface area contributed by atoms with Gasteiger partial charge in [-0.3, -0.25) is 9.59 Å². The minimum absolute atomic E-state index is 0.0142. The molecule has 87 heavy (non-hydrogen) atoms. The number of nitrogens with one attached hydrogen (secondary N) is 1. The zero-order valence-corrected chi connectivity index (χ0v) is 59.0. The number of hydrogen-bond acceptors (Lipinski definition) is 5. The van der Waals surface area contributed by atoms with Crippen molar-refractivity contribution >= 4 is 11.9 Å². The maximum absolute atomic E-state index is 12.6. The van der Waals surface area contributed by atoms with Crippen LogP contribution in [0.15, 0.2) is 36.5 Å². The van der Waals surface area contributed by atoms with Crippen molar-refractivity contribution in [3.8, 4) is 0 Å². The van der Waals surface area contributed by atoms with E-state index in [0.717, 1.165) is 51.4 Å². The van der Waals surface area contributed by atoms with Crippen molar-refractivity contribution in [3.63, 3.8) is 0 Å². The molecule has 2 unspecified atom stereocenters. The summed E-state index contributed by atoms with van der Waals surface area (Å²) in [7, 11) is 0. The molecular weight excluding hydrogens is 1070 g/mol. The molecule has 6 nitrogen and oxygen atoms in total. The summed E-state index contributed by atoms with van der Waals surface area (Å²) < 4.78 is 5.51. The van der Waals surface area contributed by atoms with Crippen LogP contribution in [0.5, 0.6) is 0 Å². The van der Waals surface area contributed by atoms with Crippen LogP contribution in [-0.4, -0.2) is 47.4 Å². The number of allylic oxidation sites excluding steroid dienone is 6. The molecule has 0 aliphatic rings. The Morgan fingerprint density at radius 2 is 0.575 bits per heavy atom. The zero-order valence-electron chi connectivity index (χ0n) is 59.0. The Morgan fingerprint density at radius 1 is 0.322 bits per heavy atom. The summed E-state index contributed by atoms with van der Waals surface area (Å²) in [5, 5.41) is 23.5. The smallest absolute Gasteiger partial charge is 0.305 e. The lowest BCUT2D eigenvalue weighted by molar-refractivity contribution is -0.143. The highest BCUT2D eigenvalue weighted by molar-refractivity contribution is 5.76. The second-order valence-corrected chi connectivity index (χ2v) is 27.4. The van der Waals surface area contributed by atoms with E-state index >= 15 is 0 Å². The van der Waals surface area contributed by atoms with Crippen molar-refractivity contribution in [2.45, 2.75) is 456 Å². The lowest BCUT2D eigenvalue weighted by atomic mass is 10.0. The van der Waals surface area contributed by atoms with E-state index in [1.165, 1.54) is 360 Å². The highest BCUT2D eigenvalue weighted by atomic mass is 16.5. The van der Waals surface area contributed by atoms with Crippen LogP contribution in [0.25, 0.3) is 0 Å². The average molecular weight is 1220 g/mol. The number of aliphatic hydroxyl groups is 2. The molecule has 0 aromatic heterocycles. The second kappa shape index (κ2) is 76.5. The summed E-state index contributed by atoms with van der Waals surface area (Å²) in [5.41, 5.74) is 0. The standard InChI is InChI=1S/C81H155NO5/c1-3-5-7-9-11-13-15-17-19-21-23-34-38-41-45-49-53-57-61-65-69-73-79(84)78(77-83)82-80(85)74-70-66-62-58-54-50-46-42-39-35-32-30-28-26-24-25-27-29-31-33-36-40-44-48-52-56-60-64-68-72-76-87-81(86)75-71-67-63-59-55-51-47-43-37-22-20-18-16-14-12-10-8-6-4-2/h12,14,18,20,25,27,78-79,83-84H,3-11,13,15-17,19,21-24,26,28-77H2,1-2H3,(H,82,85)/b14-12-,20-18-,27-25-. The van der Waals surface area contributed by atoms with E-state index in [0.29, 0.717) is 25.9 Å². The first-order valence-corrected chi connectivity index (χ1v) is 39.7. The van der Waals surface area contributed by atoms with Gasteiger partial charge in [0.1, 0.15) is 0 Å². The normalized spacial score (nSPS) is 12.6.